The molecule has 2 aliphatic heterocycles. The fourth-order valence-corrected chi connectivity index (χ4v) is 7.26. The van der Waals surface area contributed by atoms with Gasteiger partial charge in [0, 0.05) is 36.8 Å². The van der Waals surface area contributed by atoms with Crippen LogP contribution in [0.1, 0.15) is 104 Å². The summed E-state index contributed by atoms with van der Waals surface area (Å²) < 4.78 is 0. The number of hydrogen-bond acceptors (Lipinski definition) is 7. The lowest BCUT2D eigenvalue weighted by Crippen LogP contribution is -2.59. The molecule has 2 N–H and O–H groups in total. The van der Waals surface area contributed by atoms with E-state index in [4.69, 9.17) is 16.4 Å². The normalized spacial score (nSPS) is 24.6. The first-order valence-electron chi connectivity index (χ1n) is 16.7. The average Bonchev–Trinajstić information content (AvgIpc) is 3.60. The van der Waals surface area contributed by atoms with E-state index in [2.05, 4.69) is 15.8 Å². The first-order chi connectivity index (χ1) is 21.7. The van der Waals surface area contributed by atoms with E-state index < -0.39 is 52.5 Å². The lowest BCUT2D eigenvalue weighted by molar-refractivity contribution is -0.145. The van der Waals surface area contributed by atoms with Gasteiger partial charge in [-0.25, -0.2) is 0 Å². The molecular formula is C35H47ClN4O6. The van der Waals surface area contributed by atoms with Gasteiger partial charge >= 0.3 is 0 Å². The SMILES string of the molecule is CC(=O)C(=O)[C@H](CC1CC1)NC(=O)[C@@H]1C[C@]2(CC(c3cccc(Cl)c3)=NO2)CN1C(=O)[C@@H](NC(=O)CC1CCCCC1)C(C)(C)C. The van der Waals surface area contributed by atoms with E-state index in [1.165, 1.54) is 18.2 Å². The number of carbonyl (C=O) groups excluding carboxylic acids is 5. The largest absolute Gasteiger partial charge is 0.387 e. The molecule has 1 spiro atoms. The van der Waals surface area contributed by atoms with Gasteiger partial charge in [-0.3, -0.25) is 24.0 Å². The van der Waals surface area contributed by atoms with E-state index in [9.17, 15) is 24.0 Å². The standard InChI is InChI=1S/C35H47ClN4O6/c1-21(41)30(43)26(15-23-13-14-23)37-32(44)28-19-35(18-27(39-46-35)24-11-8-12-25(36)17-24)20-40(28)33(45)31(34(2,3)4)38-29(42)16-22-9-6-5-7-10-22/h8,11-12,17,22-23,26,28,31H,5-7,9-10,13-16,18-20H2,1-4H3,(H,37,44)(H,38,42)/t26-,28-,31+,35+/m0/s1. The lowest BCUT2D eigenvalue weighted by Gasteiger charge is -2.36. The summed E-state index contributed by atoms with van der Waals surface area (Å²) in [6.45, 7) is 6.94. The van der Waals surface area contributed by atoms with Gasteiger partial charge in [-0.2, -0.15) is 0 Å². The number of carbonyl (C=O) groups is 5. The lowest BCUT2D eigenvalue weighted by atomic mass is 9.84. The molecule has 10 nitrogen and oxygen atoms in total. The van der Waals surface area contributed by atoms with Gasteiger partial charge in [0.25, 0.3) is 0 Å². The highest BCUT2D eigenvalue weighted by atomic mass is 35.5. The van der Waals surface area contributed by atoms with Crippen molar-refractivity contribution in [2.24, 2.45) is 22.4 Å². The number of benzene rings is 1. The molecule has 3 fully saturated rings. The second-order valence-electron chi connectivity index (χ2n) is 14.9. The minimum Gasteiger partial charge on any atom is -0.387 e. The summed E-state index contributed by atoms with van der Waals surface area (Å²) in [5.41, 5.74) is -0.203. The maximum Gasteiger partial charge on any atom is 0.246 e. The first kappa shape index (κ1) is 34.1. The Morgan fingerprint density at radius 2 is 1.76 bits per heavy atom. The fraction of sp³-hybridized carbons (Fsp3) is 0.657. The molecule has 1 aromatic rings. The van der Waals surface area contributed by atoms with Gasteiger partial charge in [0.1, 0.15) is 12.1 Å². The maximum absolute atomic E-state index is 14.5. The van der Waals surface area contributed by atoms with Crippen LogP contribution in [0.2, 0.25) is 5.02 Å². The molecule has 46 heavy (non-hydrogen) atoms. The summed E-state index contributed by atoms with van der Waals surface area (Å²) in [6.07, 6.45) is 8.53. The second-order valence-corrected chi connectivity index (χ2v) is 15.4. The molecule has 0 radical (unpaired) electrons. The summed E-state index contributed by atoms with van der Waals surface area (Å²) in [5.74, 6) is -1.77. The van der Waals surface area contributed by atoms with Gasteiger partial charge in [-0.15, -0.1) is 0 Å². The molecule has 2 saturated carbocycles. The second kappa shape index (κ2) is 13.8. The van der Waals surface area contributed by atoms with Gasteiger partial charge in [0.2, 0.25) is 23.5 Å². The Labute approximate surface area is 276 Å². The summed E-state index contributed by atoms with van der Waals surface area (Å²) >= 11 is 6.23. The van der Waals surface area contributed by atoms with E-state index in [1.54, 1.807) is 12.1 Å². The molecule has 0 bridgehead atoms. The Bertz CT molecular complexity index is 1400. The maximum atomic E-state index is 14.5. The van der Waals surface area contributed by atoms with Crippen LogP contribution < -0.4 is 10.6 Å². The minimum absolute atomic E-state index is 0.0660. The van der Waals surface area contributed by atoms with Gasteiger partial charge < -0.3 is 20.4 Å². The van der Waals surface area contributed by atoms with Crippen LogP contribution in [0.3, 0.4) is 0 Å². The van der Waals surface area contributed by atoms with E-state index in [1.807, 2.05) is 32.9 Å². The number of oxime groups is 1. The predicted molar refractivity (Wildman–Crippen MR) is 174 cm³/mol. The Morgan fingerprint density at radius 1 is 1.04 bits per heavy atom. The van der Waals surface area contributed by atoms with Crippen LogP contribution in [0.15, 0.2) is 29.4 Å². The molecule has 0 aromatic heterocycles. The Balaban J connectivity index is 1.39. The molecule has 5 rings (SSSR count). The third-order valence-electron chi connectivity index (χ3n) is 9.85. The van der Waals surface area contributed by atoms with Crippen molar-refractivity contribution in [3.63, 3.8) is 0 Å². The first-order valence-corrected chi connectivity index (χ1v) is 17.1. The highest BCUT2D eigenvalue weighted by Gasteiger charge is 2.55. The van der Waals surface area contributed by atoms with Crippen LogP contribution in [-0.4, -0.2) is 70.2 Å². The number of likely N-dealkylation sites (tertiary alicyclic amines) is 1. The third-order valence-corrected chi connectivity index (χ3v) is 10.1. The number of Topliss-reactive ketones (excluding diaryl/α,β-unsaturated/α-hetero) is 2. The molecule has 3 amide bonds. The Morgan fingerprint density at radius 3 is 2.39 bits per heavy atom. The van der Waals surface area contributed by atoms with Crippen molar-refractivity contribution in [1.29, 1.82) is 0 Å². The zero-order chi connectivity index (χ0) is 33.2. The highest BCUT2D eigenvalue weighted by Crippen LogP contribution is 2.41. The number of nitrogens with one attached hydrogen (secondary N) is 2. The van der Waals surface area contributed by atoms with Crippen LogP contribution in [0.25, 0.3) is 0 Å². The Hall–Kier alpha value is -3.27. The van der Waals surface area contributed by atoms with Crippen molar-refractivity contribution in [2.45, 2.75) is 122 Å². The van der Waals surface area contributed by atoms with Gasteiger partial charge in [0.15, 0.2) is 11.4 Å². The molecule has 0 unspecified atom stereocenters. The molecule has 2 heterocycles. The number of halogens is 1. The van der Waals surface area contributed by atoms with Crippen molar-refractivity contribution in [3.05, 3.63) is 34.9 Å². The van der Waals surface area contributed by atoms with Crippen LogP contribution in [0, 0.1) is 17.3 Å². The van der Waals surface area contributed by atoms with Gasteiger partial charge in [-0.05, 0) is 48.6 Å². The van der Waals surface area contributed by atoms with Crippen LogP contribution in [0.5, 0.6) is 0 Å². The summed E-state index contributed by atoms with van der Waals surface area (Å²) in [5, 5.41) is 10.8. The van der Waals surface area contributed by atoms with E-state index >= 15 is 0 Å². The number of ketones is 2. The van der Waals surface area contributed by atoms with Crippen LogP contribution >= 0.6 is 11.6 Å². The van der Waals surface area contributed by atoms with E-state index in [0.717, 1.165) is 44.1 Å². The molecule has 2 aliphatic carbocycles. The monoisotopic (exact) mass is 654 g/mol. The smallest absolute Gasteiger partial charge is 0.246 e. The molecule has 11 heteroatoms. The molecule has 1 saturated heterocycles. The summed E-state index contributed by atoms with van der Waals surface area (Å²) in [7, 11) is 0. The van der Waals surface area contributed by atoms with Gasteiger partial charge in [0.05, 0.1) is 18.3 Å². The average molecular weight is 655 g/mol. The molecule has 250 valence electrons. The third kappa shape index (κ3) is 8.17. The van der Waals surface area contributed by atoms with Crippen LogP contribution in [-0.2, 0) is 28.8 Å². The van der Waals surface area contributed by atoms with Crippen molar-refractivity contribution >= 4 is 46.6 Å². The van der Waals surface area contributed by atoms with Crippen molar-refractivity contribution in [3.8, 4) is 0 Å². The summed E-state index contributed by atoms with van der Waals surface area (Å²) in [6, 6.07) is 4.40. The zero-order valence-corrected chi connectivity index (χ0v) is 28.2. The summed E-state index contributed by atoms with van der Waals surface area (Å²) in [4.78, 5) is 74.2. The molecule has 1 aromatic carbocycles. The van der Waals surface area contributed by atoms with E-state index in [-0.39, 0.29) is 24.8 Å². The quantitative estimate of drug-likeness (QED) is 0.331. The molecule has 4 atom stereocenters. The zero-order valence-electron chi connectivity index (χ0n) is 27.4. The molecular weight excluding hydrogens is 608 g/mol. The Kier molecular flexibility index (Phi) is 10.3. The highest BCUT2D eigenvalue weighted by molar-refractivity contribution is 6.38. The number of amides is 3. The number of nitrogens with zero attached hydrogens (tertiary/aromatic N) is 2. The van der Waals surface area contributed by atoms with Crippen molar-refractivity contribution in [1.82, 2.24) is 15.5 Å². The van der Waals surface area contributed by atoms with Gasteiger partial charge in [-0.1, -0.05) is 81.8 Å². The van der Waals surface area contributed by atoms with E-state index in [0.29, 0.717) is 35.9 Å². The topological polar surface area (TPSA) is 134 Å². The van der Waals surface area contributed by atoms with Crippen LogP contribution in [0.4, 0.5) is 0 Å². The van der Waals surface area contributed by atoms with Crippen molar-refractivity contribution < 1.29 is 28.8 Å². The molecule has 4 aliphatic rings. The predicted octanol–water partition coefficient (Wildman–Crippen LogP) is 4.75. The fourth-order valence-electron chi connectivity index (χ4n) is 7.07. The van der Waals surface area contributed by atoms with Crippen molar-refractivity contribution in [2.75, 3.05) is 6.54 Å². The minimum atomic E-state index is -0.997. The number of rotatable bonds is 11. The number of hydrogen-bond donors (Lipinski definition) is 2.